The molecule has 0 amide bonds. The van der Waals surface area contributed by atoms with Crippen LogP contribution in [-0.4, -0.2) is 16.1 Å². The normalized spacial score (nSPS) is 11.8. The molecule has 2 aromatic rings. The van der Waals surface area contributed by atoms with Crippen LogP contribution in [0.25, 0.3) is 0 Å². The van der Waals surface area contributed by atoms with Gasteiger partial charge in [-0.3, -0.25) is 0 Å². The maximum Gasteiger partial charge on any atom is 0.224 e. The summed E-state index contributed by atoms with van der Waals surface area (Å²) in [5.41, 5.74) is 5.00. The minimum absolute atomic E-state index is 0.438. The number of benzene rings is 1. The quantitative estimate of drug-likeness (QED) is 0.634. The van der Waals surface area contributed by atoms with Gasteiger partial charge in [0.15, 0.2) is 0 Å². The minimum Gasteiger partial charge on any atom is -0.438 e. The van der Waals surface area contributed by atoms with Gasteiger partial charge in [-0.15, -0.1) is 0 Å². The van der Waals surface area contributed by atoms with Gasteiger partial charge < -0.3 is 15.2 Å². The van der Waals surface area contributed by atoms with Gasteiger partial charge in [-0.1, -0.05) is 13.8 Å². The van der Waals surface area contributed by atoms with Crippen molar-refractivity contribution >= 4 is 5.69 Å². The van der Waals surface area contributed by atoms with Crippen molar-refractivity contribution in [3.63, 3.8) is 0 Å². The van der Waals surface area contributed by atoms with Gasteiger partial charge >= 0.3 is 0 Å². The number of aryl methyl sites for hydroxylation is 3. The summed E-state index contributed by atoms with van der Waals surface area (Å²) in [4.78, 5) is 4.63. The smallest absolute Gasteiger partial charge is 0.224 e. The van der Waals surface area contributed by atoms with Crippen LogP contribution >= 0.6 is 0 Å². The van der Waals surface area contributed by atoms with Gasteiger partial charge in [-0.2, -0.15) is 0 Å². The van der Waals surface area contributed by atoms with Gasteiger partial charge in [-0.25, -0.2) is 4.98 Å². The zero-order valence-corrected chi connectivity index (χ0v) is 18.0. The van der Waals surface area contributed by atoms with E-state index in [2.05, 4.69) is 30.2 Å². The van der Waals surface area contributed by atoms with Crippen molar-refractivity contribution in [2.75, 3.05) is 5.32 Å². The number of anilines is 1. The van der Waals surface area contributed by atoms with E-state index < -0.39 is 5.60 Å². The van der Waals surface area contributed by atoms with Crippen LogP contribution in [0.3, 0.4) is 0 Å². The Kier molecular flexibility index (Phi) is 6.53. The van der Waals surface area contributed by atoms with Gasteiger partial charge in [0.05, 0.1) is 5.60 Å². The Morgan fingerprint density at radius 3 is 2.07 bits per heavy atom. The molecule has 0 fully saturated rings. The Bertz CT molecular complexity index is 780. The highest BCUT2D eigenvalue weighted by Gasteiger charge is 2.20. The number of hydrogen-bond donors (Lipinski definition) is 2. The summed E-state index contributed by atoms with van der Waals surface area (Å²) in [5, 5.41) is 13.9. The van der Waals surface area contributed by atoms with E-state index in [9.17, 15) is 5.11 Å². The lowest BCUT2D eigenvalue weighted by Gasteiger charge is -2.22. The summed E-state index contributed by atoms with van der Waals surface area (Å²) >= 11 is 0. The Balaban J connectivity index is 2.42. The van der Waals surface area contributed by atoms with Crippen molar-refractivity contribution in [2.45, 2.75) is 79.9 Å². The molecule has 2 rings (SSSR count). The second kappa shape index (κ2) is 8.30. The maximum absolute atomic E-state index is 10.3. The molecule has 0 spiro atoms. The summed E-state index contributed by atoms with van der Waals surface area (Å²) in [6.07, 6.45) is 2.15. The molecule has 0 atom stereocenters. The molecule has 1 aromatic heterocycles. The molecule has 0 aliphatic carbocycles. The number of nitrogens with zero attached hydrogens (tertiary/aromatic N) is 1. The molecule has 148 valence electrons. The molecule has 0 radical (unpaired) electrons. The first-order chi connectivity index (χ1) is 12.6. The van der Waals surface area contributed by atoms with E-state index in [0.29, 0.717) is 11.9 Å². The molecule has 1 aromatic carbocycles. The molecule has 0 aliphatic heterocycles. The molecule has 0 saturated carbocycles. The van der Waals surface area contributed by atoms with Crippen LogP contribution < -0.4 is 10.1 Å². The predicted molar refractivity (Wildman–Crippen MR) is 113 cm³/mol. The van der Waals surface area contributed by atoms with E-state index >= 15 is 0 Å². The fourth-order valence-corrected chi connectivity index (χ4v) is 3.23. The maximum atomic E-state index is 10.3. The zero-order chi connectivity index (χ0) is 20.4. The van der Waals surface area contributed by atoms with E-state index in [0.717, 1.165) is 52.2 Å². The molecule has 27 heavy (non-hydrogen) atoms. The highest BCUT2D eigenvalue weighted by atomic mass is 16.5. The average Bonchev–Trinajstić information content (AvgIpc) is 2.58. The van der Waals surface area contributed by atoms with Gasteiger partial charge in [0.1, 0.15) is 5.75 Å². The van der Waals surface area contributed by atoms with Crippen LogP contribution in [0.15, 0.2) is 18.2 Å². The molecule has 0 aliphatic rings. The van der Waals surface area contributed by atoms with Crippen LogP contribution in [0.1, 0.15) is 68.5 Å². The van der Waals surface area contributed by atoms with Gasteiger partial charge in [0.25, 0.3) is 0 Å². The van der Waals surface area contributed by atoms with Crippen molar-refractivity contribution in [3.05, 3.63) is 46.1 Å². The largest absolute Gasteiger partial charge is 0.438 e. The number of aromatic nitrogens is 1. The van der Waals surface area contributed by atoms with E-state index in [1.807, 2.05) is 39.8 Å². The van der Waals surface area contributed by atoms with Crippen LogP contribution in [0.5, 0.6) is 11.6 Å². The van der Waals surface area contributed by atoms with Crippen molar-refractivity contribution in [3.8, 4) is 11.6 Å². The van der Waals surface area contributed by atoms with Crippen LogP contribution in [0.4, 0.5) is 5.69 Å². The number of nitrogens with one attached hydrogen (secondary N) is 1. The Morgan fingerprint density at radius 2 is 1.59 bits per heavy atom. The van der Waals surface area contributed by atoms with E-state index in [1.54, 1.807) is 13.8 Å². The zero-order valence-electron chi connectivity index (χ0n) is 18.0. The standard InChI is InChI=1S/C23H34N2O2/c1-9-19(10-2)25-20-13-16(5)24-22(17(20)6)27-21-14(3)11-18(12-15(21)4)23(7,8)26/h11-13,19,26H,9-10H2,1-8H3,(H,24,25). The first-order valence-electron chi connectivity index (χ1n) is 9.83. The summed E-state index contributed by atoms with van der Waals surface area (Å²) in [6.45, 7) is 16.0. The summed E-state index contributed by atoms with van der Waals surface area (Å²) < 4.78 is 6.28. The van der Waals surface area contributed by atoms with Gasteiger partial charge in [0, 0.05) is 23.0 Å². The molecular formula is C23H34N2O2. The van der Waals surface area contributed by atoms with Crippen molar-refractivity contribution in [2.24, 2.45) is 0 Å². The lowest BCUT2D eigenvalue weighted by Crippen LogP contribution is -2.18. The fraction of sp³-hybridized carbons (Fsp3) is 0.522. The first-order valence-corrected chi connectivity index (χ1v) is 9.83. The molecule has 0 unspecified atom stereocenters. The Labute approximate surface area is 164 Å². The molecule has 4 heteroatoms. The predicted octanol–water partition coefficient (Wildman–Crippen LogP) is 5.94. The Hall–Kier alpha value is -2.07. The van der Waals surface area contributed by atoms with Crippen LogP contribution in [-0.2, 0) is 5.60 Å². The van der Waals surface area contributed by atoms with E-state index in [-0.39, 0.29) is 0 Å². The monoisotopic (exact) mass is 370 g/mol. The lowest BCUT2D eigenvalue weighted by atomic mass is 9.94. The highest BCUT2D eigenvalue weighted by molar-refractivity contribution is 5.57. The second-order valence-corrected chi connectivity index (χ2v) is 8.00. The minimum atomic E-state index is -0.877. The number of hydrogen-bond acceptors (Lipinski definition) is 4. The third kappa shape index (κ3) is 5.01. The number of aliphatic hydroxyl groups is 1. The topological polar surface area (TPSA) is 54.4 Å². The SMILES string of the molecule is CCC(CC)Nc1cc(C)nc(Oc2c(C)cc(C(C)(C)O)cc2C)c1C. The number of rotatable bonds is 7. The molecule has 1 heterocycles. The molecule has 2 N–H and O–H groups in total. The van der Waals surface area contributed by atoms with Crippen LogP contribution in [0, 0.1) is 27.7 Å². The summed E-state index contributed by atoms with van der Waals surface area (Å²) in [7, 11) is 0. The summed E-state index contributed by atoms with van der Waals surface area (Å²) in [6, 6.07) is 6.48. The Morgan fingerprint density at radius 1 is 1.04 bits per heavy atom. The van der Waals surface area contributed by atoms with E-state index in [1.165, 1.54) is 0 Å². The van der Waals surface area contributed by atoms with Crippen molar-refractivity contribution in [1.82, 2.24) is 4.98 Å². The van der Waals surface area contributed by atoms with Gasteiger partial charge in [-0.05, 0) is 89.3 Å². The third-order valence-electron chi connectivity index (χ3n) is 5.07. The van der Waals surface area contributed by atoms with Gasteiger partial charge in [0.2, 0.25) is 5.88 Å². The average molecular weight is 371 g/mol. The molecular weight excluding hydrogens is 336 g/mol. The second-order valence-electron chi connectivity index (χ2n) is 8.00. The highest BCUT2D eigenvalue weighted by Crippen LogP contribution is 2.35. The van der Waals surface area contributed by atoms with Crippen LogP contribution in [0.2, 0.25) is 0 Å². The molecule has 4 nitrogen and oxygen atoms in total. The molecule has 0 saturated heterocycles. The van der Waals surface area contributed by atoms with Crippen molar-refractivity contribution < 1.29 is 9.84 Å². The molecule has 0 bridgehead atoms. The first kappa shape index (κ1) is 21.2. The summed E-state index contributed by atoms with van der Waals surface area (Å²) in [5.74, 6) is 1.43. The number of ether oxygens (including phenoxy) is 1. The lowest BCUT2D eigenvalue weighted by molar-refractivity contribution is 0.0784. The van der Waals surface area contributed by atoms with Crippen molar-refractivity contribution in [1.29, 1.82) is 0 Å². The number of pyridine rings is 1. The van der Waals surface area contributed by atoms with E-state index in [4.69, 9.17) is 4.74 Å². The fourth-order valence-electron chi connectivity index (χ4n) is 3.23. The third-order valence-corrected chi connectivity index (χ3v) is 5.07.